The van der Waals surface area contributed by atoms with Gasteiger partial charge in [0.25, 0.3) is 0 Å². The number of guanidine groups is 1. The lowest BCUT2D eigenvalue weighted by Crippen LogP contribution is -2.24. The van der Waals surface area contributed by atoms with E-state index in [4.69, 9.17) is 5.73 Å². The molecular formula is C12H18BrN3. The van der Waals surface area contributed by atoms with Crippen LogP contribution in [0, 0.1) is 13.8 Å². The number of halogens is 1. The molecule has 0 aliphatic rings. The Kier molecular flexibility index (Phi) is 4.35. The highest BCUT2D eigenvalue weighted by atomic mass is 79.9. The predicted octanol–water partition coefficient (Wildman–Crippen LogP) is 3.20. The zero-order valence-electron chi connectivity index (χ0n) is 10.1. The van der Waals surface area contributed by atoms with E-state index in [1.807, 2.05) is 27.7 Å². The van der Waals surface area contributed by atoms with E-state index in [-0.39, 0.29) is 6.04 Å². The van der Waals surface area contributed by atoms with Crippen molar-refractivity contribution < 1.29 is 0 Å². The number of rotatable bonds is 2. The molecule has 0 fully saturated rings. The molecule has 0 radical (unpaired) electrons. The highest BCUT2D eigenvalue weighted by Crippen LogP contribution is 2.24. The van der Waals surface area contributed by atoms with Crippen LogP contribution in [0.25, 0.3) is 0 Å². The van der Waals surface area contributed by atoms with Crippen LogP contribution in [0.15, 0.2) is 21.6 Å². The van der Waals surface area contributed by atoms with Crippen molar-refractivity contribution in [3.05, 3.63) is 27.7 Å². The van der Waals surface area contributed by atoms with E-state index >= 15 is 0 Å². The maximum Gasteiger partial charge on any atom is 0.193 e. The Balaban J connectivity index is 2.98. The summed E-state index contributed by atoms with van der Waals surface area (Å²) in [5.41, 5.74) is 9.14. The van der Waals surface area contributed by atoms with Gasteiger partial charge in [0.15, 0.2) is 5.96 Å². The van der Waals surface area contributed by atoms with E-state index in [0.29, 0.717) is 5.96 Å². The molecule has 3 N–H and O–H groups in total. The van der Waals surface area contributed by atoms with E-state index in [0.717, 1.165) is 21.3 Å². The number of nitrogens with zero attached hydrogens (tertiary/aromatic N) is 1. The second-order valence-corrected chi connectivity index (χ2v) is 5.06. The molecule has 0 saturated carbocycles. The summed E-state index contributed by atoms with van der Waals surface area (Å²) in [7, 11) is 0. The standard InChI is InChI=1S/C12H18BrN3/c1-7(2)15-12(14)16-11-8(3)5-10(13)6-9(11)4/h5-7H,1-4H3,(H3,14,15,16). The normalized spacial score (nSPS) is 12.0. The summed E-state index contributed by atoms with van der Waals surface area (Å²) in [6.07, 6.45) is 0. The average Bonchev–Trinajstić information content (AvgIpc) is 2.09. The average molecular weight is 284 g/mol. The van der Waals surface area contributed by atoms with Crippen LogP contribution in [0.4, 0.5) is 5.69 Å². The fraction of sp³-hybridized carbons (Fsp3) is 0.417. The number of aliphatic imine (C=N–C) groups is 1. The van der Waals surface area contributed by atoms with Crippen molar-refractivity contribution in [2.45, 2.75) is 33.7 Å². The van der Waals surface area contributed by atoms with Crippen LogP contribution >= 0.6 is 15.9 Å². The zero-order chi connectivity index (χ0) is 12.3. The number of anilines is 1. The monoisotopic (exact) mass is 283 g/mol. The predicted molar refractivity (Wildman–Crippen MR) is 74.0 cm³/mol. The summed E-state index contributed by atoms with van der Waals surface area (Å²) in [4.78, 5) is 4.25. The van der Waals surface area contributed by atoms with Gasteiger partial charge in [0.05, 0.1) is 0 Å². The maximum absolute atomic E-state index is 5.81. The van der Waals surface area contributed by atoms with Gasteiger partial charge in [-0.25, -0.2) is 0 Å². The van der Waals surface area contributed by atoms with Gasteiger partial charge in [-0.1, -0.05) is 15.9 Å². The molecule has 0 heterocycles. The molecule has 3 nitrogen and oxygen atoms in total. The molecule has 0 aliphatic carbocycles. The van der Waals surface area contributed by atoms with Crippen LogP contribution in [-0.2, 0) is 0 Å². The lowest BCUT2D eigenvalue weighted by Gasteiger charge is -2.13. The number of benzene rings is 1. The van der Waals surface area contributed by atoms with Crippen molar-refractivity contribution in [1.82, 2.24) is 0 Å². The molecule has 1 rings (SSSR count). The fourth-order valence-corrected chi connectivity index (χ4v) is 2.23. The van der Waals surface area contributed by atoms with Crippen LogP contribution in [0.5, 0.6) is 0 Å². The van der Waals surface area contributed by atoms with Crippen LogP contribution in [0.3, 0.4) is 0 Å². The maximum atomic E-state index is 5.81. The molecule has 0 saturated heterocycles. The molecule has 0 aliphatic heterocycles. The van der Waals surface area contributed by atoms with Gasteiger partial charge in [0, 0.05) is 16.2 Å². The van der Waals surface area contributed by atoms with E-state index in [2.05, 4.69) is 38.4 Å². The van der Waals surface area contributed by atoms with Crippen molar-refractivity contribution >= 4 is 27.6 Å². The minimum Gasteiger partial charge on any atom is -0.370 e. The molecule has 16 heavy (non-hydrogen) atoms. The van der Waals surface area contributed by atoms with Gasteiger partial charge in [-0.15, -0.1) is 0 Å². The first kappa shape index (κ1) is 13.0. The number of nitrogens with one attached hydrogen (secondary N) is 1. The lowest BCUT2D eigenvalue weighted by molar-refractivity contribution is 0.833. The molecule has 0 bridgehead atoms. The van der Waals surface area contributed by atoms with Gasteiger partial charge in [-0.2, -0.15) is 0 Å². The third kappa shape index (κ3) is 3.52. The third-order valence-corrected chi connectivity index (χ3v) is 2.61. The SMILES string of the molecule is Cc1cc(Br)cc(C)c1NC(N)=NC(C)C. The van der Waals surface area contributed by atoms with E-state index < -0.39 is 0 Å². The van der Waals surface area contributed by atoms with Gasteiger partial charge >= 0.3 is 0 Å². The molecule has 1 aromatic carbocycles. The van der Waals surface area contributed by atoms with E-state index in [9.17, 15) is 0 Å². The number of hydrogen-bond donors (Lipinski definition) is 2. The van der Waals surface area contributed by atoms with Crippen molar-refractivity contribution in [1.29, 1.82) is 0 Å². The lowest BCUT2D eigenvalue weighted by atomic mass is 10.1. The molecule has 4 heteroatoms. The first-order valence-electron chi connectivity index (χ1n) is 5.27. The molecular weight excluding hydrogens is 266 g/mol. The van der Waals surface area contributed by atoms with Crippen molar-refractivity contribution in [3.63, 3.8) is 0 Å². The van der Waals surface area contributed by atoms with Crippen LogP contribution < -0.4 is 11.1 Å². The molecule has 0 spiro atoms. The summed E-state index contributed by atoms with van der Waals surface area (Å²) in [6, 6.07) is 4.30. The minimum atomic E-state index is 0.198. The zero-order valence-corrected chi connectivity index (χ0v) is 11.7. The second kappa shape index (κ2) is 5.34. The number of aryl methyl sites for hydroxylation is 2. The molecule has 0 unspecified atom stereocenters. The first-order valence-corrected chi connectivity index (χ1v) is 6.06. The number of hydrogen-bond acceptors (Lipinski definition) is 1. The minimum absolute atomic E-state index is 0.198. The Morgan fingerprint density at radius 1 is 1.31 bits per heavy atom. The molecule has 0 aromatic heterocycles. The Morgan fingerprint density at radius 2 is 1.81 bits per heavy atom. The van der Waals surface area contributed by atoms with Crippen molar-refractivity contribution in [3.8, 4) is 0 Å². The van der Waals surface area contributed by atoms with Gasteiger partial charge in [0.1, 0.15) is 0 Å². The van der Waals surface area contributed by atoms with Gasteiger partial charge in [-0.05, 0) is 51.0 Å². The van der Waals surface area contributed by atoms with E-state index in [1.54, 1.807) is 0 Å². The molecule has 0 amide bonds. The number of nitrogens with two attached hydrogens (primary N) is 1. The summed E-state index contributed by atoms with van der Waals surface area (Å²) in [5, 5.41) is 3.14. The summed E-state index contributed by atoms with van der Waals surface area (Å²) < 4.78 is 1.08. The Bertz CT molecular complexity index is 388. The summed E-state index contributed by atoms with van der Waals surface area (Å²) in [6.45, 7) is 8.08. The molecule has 0 atom stereocenters. The smallest absolute Gasteiger partial charge is 0.193 e. The summed E-state index contributed by atoms with van der Waals surface area (Å²) >= 11 is 3.46. The van der Waals surface area contributed by atoms with E-state index in [1.165, 1.54) is 0 Å². The van der Waals surface area contributed by atoms with Crippen molar-refractivity contribution in [2.24, 2.45) is 10.7 Å². The third-order valence-electron chi connectivity index (χ3n) is 2.15. The quantitative estimate of drug-likeness (QED) is 0.647. The highest BCUT2D eigenvalue weighted by Gasteiger charge is 2.05. The fourth-order valence-electron chi connectivity index (χ4n) is 1.55. The Labute approximate surface area is 105 Å². The largest absolute Gasteiger partial charge is 0.370 e. The molecule has 1 aromatic rings. The van der Waals surface area contributed by atoms with Crippen LogP contribution in [0.1, 0.15) is 25.0 Å². The van der Waals surface area contributed by atoms with Crippen LogP contribution in [-0.4, -0.2) is 12.0 Å². The highest BCUT2D eigenvalue weighted by molar-refractivity contribution is 9.10. The first-order chi connectivity index (χ1) is 7.40. The van der Waals surface area contributed by atoms with Gasteiger partial charge < -0.3 is 11.1 Å². The topological polar surface area (TPSA) is 50.4 Å². The Morgan fingerprint density at radius 3 is 2.25 bits per heavy atom. The van der Waals surface area contributed by atoms with Crippen LogP contribution in [0.2, 0.25) is 0 Å². The van der Waals surface area contributed by atoms with Crippen molar-refractivity contribution in [2.75, 3.05) is 5.32 Å². The second-order valence-electron chi connectivity index (χ2n) is 4.15. The summed E-state index contributed by atoms with van der Waals surface area (Å²) in [5.74, 6) is 0.462. The van der Waals surface area contributed by atoms with Gasteiger partial charge in [-0.3, -0.25) is 4.99 Å². The molecule has 88 valence electrons. The Hall–Kier alpha value is -1.03. The van der Waals surface area contributed by atoms with Gasteiger partial charge in [0.2, 0.25) is 0 Å².